The first-order chi connectivity index (χ1) is 25.1. The van der Waals surface area contributed by atoms with Crippen LogP contribution in [-0.2, 0) is 26.5 Å². The highest BCUT2D eigenvalue weighted by molar-refractivity contribution is 6.12. The van der Waals surface area contributed by atoms with Crippen LogP contribution in [0.2, 0.25) is 0 Å². The summed E-state index contributed by atoms with van der Waals surface area (Å²) in [5.74, 6) is -1.20. The van der Waals surface area contributed by atoms with Gasteiger partial charge in [-0.15, -0.1) is 0 Å². The zero-order valence-corrected chi connectivity index (χ0v) is 33.7. The number of aromatic nitrogens is 2. The van der Waals surface area contributed by atoms with Gasteiger partial charge < -0.3 is 19.0 Å². The second kappa shape index (κ2) is 12.3. The van der Waals surface area contributed by atoms with Gasteiger partial charge in [0.2, 0.25) is 0 Å². The molecule has 2 aromatic heterocycles. The summed E-state index contributed by atoms with van der Waals surface area (Å²) in [6, 6.07) is 29.9. The third-order valence-corrected chi connectivity index (χ3v) is 11.0. The van der Waals surface area contributed by atoms with Crippen molar-refractivity contribution < 1.29 is 19.4 Å². The monoisotopic (exact) mass is 720 g/mol. The van der Waals surface area contributed by atoms with Crippen molar-refractivity contribution in [1.29, 1.82) is 0 Å². The van der Waals surface area contributed by atoms with E-state index in [1.165, 1.54) is 22.3 Å². The van der Waals surface area contributed by atoms with Crippen molar-refractivity contribution in [2.75, 3.05) is 0 Å². The Balaban J connectivity index is 1.69. The molecule has 0 atom stereocenters. The Labute approximate surface area is 318 Å². The van der Waals surface area contributed by atoms with Crippen LogP contribution in [0.5, 0.6) is 5.75 Å². The summed E-state index contributed by atoms with van der Waals surface area (Å²) in [6.07, 6.45) is 0. The summed E-state index contributed by atoms with van der Waals surface area (Å²) in [5, 5.41) is 14.9. The molecular weight excluding hydrogens is 669 g/mol. The van der Waals surface area contributed by atoms with Gasteiger partial charge in [0.15, 0.2) is 0 Å². The average molecular weight is 721 g/mol. The number of carboxylic acids is 1. The van der Waals surface area contributed by atoms with Crippen LogP contribution in [0.4, 0.5) is 0 Å². The van der Waals surface area contributed by atoms with E-state index in [1.807, 2.05) is 0 Å². The molecule has 0 unspecified atom stereocenters. The van der Waals surface area contributed by atoms with E-state index >= 15 is 0 Å². The van der Waals surface area contributed by atoms with Crippen molar-refractivity contribution in [2.24, 2.45) is 0 Å². The third-order valence-electron chi connectivity index (χ3n) is 11.0. The van der Waals surface area contributed by atoms with E-state index in [0.29, 0.717) is 17.8 Å². The zero-order valence-electron chi connectivity index (χ0n) is 33.7. The molecule has 2 heterocycles. The number of hydrogen-bond acceptors (Lipinski definition) is 3. The Hall–Kier alpha value is -5.36. The Morgan fingerprint density at radius 1 is 0.500 bits per heavy atom. The summed E-state index contributed by atoms with van der Waals surface area (Å²) in [4.78, 5) is 24.8. The molecule has 0 aliphatic rings. The molecule has 0 radical (unpaired) electrons. The first kappa shape index (κ1) is 37.0. The smallest absolute Gasteiger partial charge is 0.339 e. The molecule has 1 N–H and O–H groups in total. The van der Waals surface area contributed by atoms with E-state index in [0.717, 1.165) is 43.6 Å². The zero-order chi connectivity index (χ0) is 39.3. The number of benzene rings is 5. The van der Waals surface area contributed by atoms with Crippen molar-refractivity contribution in [3.8, 4) is 17.1 Å². The number of ether oxygens (including phenoxy) is 1. The van der Waals surface area contributed by atoms with Crippen molar-refractivity contribution in [3.63, 3.8) is 0 Å². The first-order valence-electron chi connectivity index (χ1n) is 18.8. The molecule has 0 amide bonds. The van der Waals surface area contributed by atoms with Gasteiger partial charge >= 0.3 is 5.97 Å². The Morgan fingerprint density at radius 3 is 1.06 bits per heavy atom. The standard InChI is InChI=1S/C48H52N2O4/c1-45(2,3)28-13-17-37-32(21-28)33-22-29(46(4,5)6)14-18-38(33)49(37)41-25-36(44(52)53)43(54-27-51)26-42(41)50-39-19-15-30(47(7,8)9)23-34(39)35-24-31(48(10,11)12)16-20-40(35)50/h13-27H,1-12H3,(H,52,53). The van der Waals surface area contributed by atoms with E-state index in [2.05, 4.69) is 165 Å². The van der Waals surface area contributed by atoms with Crippen molar-refractivity contribution in [2.45, 2.75) is 105 Å². The summed E-state index contributed by atoms with van der Waals surface area (Å²) >= 11 is 0. The van der Waals surface area contributed by atoms with Crippen LogP contribution in [0.25, 0.3) is 55.0 Å². The fourth-order valence-electron chi connectivity index (χ4n) is 7.66. The molecule has 0 spiro atoms. The largest absolute Gasteiger partial charge is 0.478 e. The van der Waals surface area contributed by atoms with E-state index in [9.17, 15) is 14.7 Å². The molecule has 6 nitrogen and oxygen atoms in total. The van der Waals surface area contributed by atoms with Crippen LogP contribution < -0.4 is 4.74 Å². The predicted molar refractivity (Wildman–Crippen MR) is 224 cm³/mol. The number of aromatic carboxylic acids is 1. The normalized spacial score (nSPS) is 13.0. The lowest BCUT2D eigenvalue weighted by molar-refractivity contribution is -0.120. The first-order valence-corrected chi connectivity index (χ1v) is 18.8. The predicted octanol–water partition coefficient (Wildman–Crippen LogP) is 12.3. The van der Waals surface area contributed by atoms with Gasteiger partial charge in [-0.2, -0.15) is 0 Å². The summed E-state index contributed by atoms with van der Waals surface area (Å²) < 4.78 is 9.84. The molecule has 0 aliphatic heterocycles. The van der Waals surface area contributed by atoms with Gasteiger partial charge in [0.1, 0.15) is 11.3 Å². The fourth-order valence-corrected chi connectivity index (χ4v) is 7.66. The Kier molecular flexibility index (Phi) is 8.45. The van der Waals surface area contributed by atoms with Crippen LogP contribution in [0, 0.1) is 0 Å². The third kappa shape index (κ3) is 6.15. The average Bonchev–Trinajstić information content (AvgIpc) is 3.58. The minimum atomic E-state index is -1.18. The maximum Gasteiger partial charge on any atom is 0.339 e. The second-order valence-corrected chi connectivity index (χ2v) is 19.0. The van der Waals surface area contributed by atoms with Gasteiger partial charge in [-0.1, -0.05) is 107 Å². The number of fused-ring (bicyclic) bond motifs is 6. The molecule has 7 aromatic rings. The molecule has 54 heavy (non-hydrogen) atoms. The van der Waals surface area contributed by atoms with Crippen LogP contribution >= 0.6 is 0 Å². The van der Waals surface area contributed by atoms with Gasteiger partial charge in [0.25, 0.3) is 6.47 Å². The molecule has 7 rings (SSSR count). The molecule has 0 saturated carbocycles. The van der Waals surface area contributed by atoms with Gasteiger partial charge in [-0.05, 0) is 98.5 Å². The maximum atomic E-state index is 12.9. The molecule has 5 aromatic carbocycles. The molecular formula is C48H52N2O4. The lowest BCUT2D eigenvalue weighted by Crippen LogP contribution is -2.12. The van der Waals surface area contributed by atoms with Crippen molar-refractivity contribution >= 4 is 56.1 Å². The number of carbonyl (C=O) groups excluding carboxylic acids is 1. The molecule has 6 heteroatoms. The quantitative estimate of drug-likeness (QED) is 0.180. The van der Waals surface area contributed by atoms with E-state index in [4.69, 9.17) is 4.74 Å². The Bertz CT molecular complexity index is 2520. The molecule has 278 valence electrons. The SMILES string of the molecule is CC(C)(C)c1ccc2c(c1)c1cc(C(C)(C)C)ccc1n2-c1cc(OC=O)c(C(=O)O)cc1-n1c2ccc(C(C)(C)C)cc2c2cc(C(C)(C)C)ccc21. The van der Waals surface area contributed by atoms with E-state index in [-0.39, 0.29) is 33.0 Å². The van der Waals surface area contributed by atoms with Crippen LogP contribution in [0.3, 0.4) is 0 Å². The molecule has 0 saturated heterocycles. The molecule has 0 aliphatic carbocycles. The number of carboxylic acid groups (broad SMARTS) is 1. The minimum Gasteiger partial charge on any atom is -0.478 e. The number of nitrogens with zero attached hydrogens (tertiary/aromatic N) is 2. The highest BCUT2D eigenvalue weighted by Crippen LogP contribution is 2.43. The molecule has 0 bridgehead atoms. The van der Waals surface area contributed by atoms with Crippen molar-refractivity contribution in [3.05, 3.63) is 113 Å². The van der Waals surface area contributed by atoms with E-state index in [1.54, 1.807) is 12.1 Å². The topological polar surface area (TPSA) is 73.5 Å². The van der Waals surface area contributed by atoms with E-state index < -0.39 is 5.97 Å². The lowest BCUT2D eigenvalue weighted by Gasteiger charge is -2.21. The second-order valence-electron chi connectivity index (χ2n) is 19.0. The summed E-state index contributed by atoms with van der Waals surface area (Å²) in [6.45, 7) is 26.9. The molecule has 0 fully saturated rings. The van der Waals surface area contributed by atoms with Crippen LogP contribution in [-0.4, -0.2) is 26.7 Å². The van der Waals surface area contributed by atoms with Gasteiger partial charge in [0.05, 0.1) is 33.4 Å². The summed E-state index contributed by atoms with van der Waals surface area (Å²) in [5.41, 5.74) is 9.64. The Morgan fingerprint density at radius 2 is 0.796 bits per heavy atom. The lowest BCUT2D eigenvalue weighted by atomic mass is 9.85. The maximum absolute atomic E-state index is 12.9. The van der Waals surface area contributed by atoms with Gasteiger partial charge in [0, 0.05) is 27.6 Å². The number of carbonyl (C=O) groups is 2. The van der Waals surface area contributed by atoms with Crippen molar-refractivity contribution in [1.82, 2.24) is 9.13 Å². The number of hydrogen-bond donors (Lipinski definition) is 1. The highest BCUT2D eigenvalue weighted by atomic mass is 16.5. The van der Waals surface area contributed by atoms with Crippen LogP contribution in [0.1, 0.15) is 116 Å². The highest BCUT2D eigenvalue weighted by Gasteiger charge is 2.27. The fraction of sp³-hybridized carbons (Fsp3) is 0.333. The summed E-state index contributed by atoms with van der Waals surface area (Å²) in [7, 11) is 0. The minimum absolute atomic E-state index is 0.0188. The van der Waals surface area contributed by atoms with Gasteiger partial charge in [-0.3, -0.25) is 4.79 Å². The number of rotatable bonds is 5. The van der Waals surface area contributed by atoms with Crippen LogP contribution in [0.15, 0.2) is 84.9 Å². The van der Waals surface area contributed by atoms with Gasteiger partial charge in [-0.25, -0.2) is 4.79 Å².